The van der Waals surface area contributed by atoms with E-state index < -0.39 is 0 Å². The lowest BCUT2D eigenvalue weighted by Gasteiger charge is -2.04. The monoisotopic (exact) mass is 270 g/mol. The van der Waals surface area contributed by atoms with E-state index in [1.165, 1.54) is 0 Å². The first kappa shape index (κ1) is 11.8. The van der Waals surface area contributed by atoms with Crippen molar-refractivity contribution in [1.82, 2.24) is 5.16 Å². The number of aromatic nitrogens is 1. The molecule has 0 bridgehead atoms. The van der Waals surface area contributed by atoms with Crippen molar-refractivity contribution in [2.45, 2.75) is 0 Å². The van der Waals surface area contributed by atoms with Crippen LogP contribution in [0.3, 0.4) is 0 Å². The van der Waals surface area contributed by atoms with Crippen LogP contribution in [-0.2, 0) is 0 Å². The van der Waals surface area contributed by atoms with Gasteiger partial charge in [-0.1, -0.05) is 65.3 Å². The van der Waals surface area contributed by atoms with Crippen molar-refractivity contribution in [3.05, 3.63) is 59.6 Å². The van der Waals surface area contributed by atoms with Crippen molar-refractivity contribution in [3.8, 4) is 22.4 Å². The van der Waals surface area contributed by atoms with Crippen LogP contribution >= 0.6 is 11.6 Å². The molecule has 0 saturated carbocycles. The van der Waals surface area contributed by atoms with E-state index >= 15 is 0 Å². The van der Waals surface area contributed by atoms with E-state index in [1.54, 1.807) is 0 Å². The number of anilines is 1. The summed E-state index contributed by atoms with van der Waals surface area (Å²) in [5.74, 6) is 0.270. The fraction of sp³-hybridized carbons (Fsp3) is 0. The van der Waals surface area contributed by atoms with Gasteiger partial charge < -0.3 is 10.3 Å². The molecule has 3 rings (SSSR count). The highest BCUT2D eigenvalue weighted by Gasteiger charge is 2.18. The fourth-order valence-electron chi connectivity index (χ4n) is 2.02. The van der Waals surface area contributed by atoms with Crippen molar-refractivity contribution < 1.29 is 4.52 Å². The summed E-state index contributed by atoms with van der Waals surface area (Å²) in [7, 11) is 0. The predicted octanol–water partition coefficient (Wildman–Crippen LogP) is 4.24. The molecular formula is C15H11ClN2O. The fourth-order valence-corrected chi connectivity index (χ4v) is 2.25. The highest BCUT2D eigenvalue weighted by Crippen LogP contribution is 2.39. The molecule has 2 aromatic carbocycles. The van der Waals surface area contributed by atoms with Gasteiger partial charge in [0, 0.05) is 16.1 Å². The Hall–Kier alpha value is -2.26. The Bertz CT molecular complexity index is 707. The van der Waals surface area contributed by atoms with E-state index in [4.69, 9.17) is 21.9 Å². The largest absolute Gasteiger partial charge is 0.367 e. The molecule has 3 nitrogen and oxygen atoms in total. The first-order valence-electron chi connectivity index (χ1n) is 5.83. The third-order valence-corrected chi connectivity index (χ3v) is 3.24. The summed E-state index contributed by atoms with van der Waals surface area (Å²) >= 11 is 6.22. The second-order valence-corrected chi connectivity index (χ2v) is 4.52. The molecule has 0 saturated heterocycles. The Balaban J connectivity index is 2.23. The minimum Gasteiger partial charge on any atom is -0.367 e. The third kappa shape index (κ3) is 2.09. The molecule has 0 atom stereocenters. The lowest BCUT2D eigenvalue weighted by molar-refractivity contribution is 0.439. The maximum absolute atomic E-state index is 6.22. The van der Waals surface area contributed by atoms with Crippen molar-refractivity contribution in [3.63, 3.8) is 0 Å². The Kier molecular flexibility index (Phi) is 2.97. The lowest BCUT2D eigenvalue weighted by atomic mass is 10.0. The molecule has 94 valence electrons. The van der Waals surface area contributed by atoms with Crippen LogP contribution in [0.4, 0.5) is 5.88 Å². The molecule has 1 heterocycles. The number of rotatable bonds is 2. The van der Waals surface area contributed by atoms with Crippen LogP contribution in [-0.4, -0.2) is 5.16 Å². The molecule has 0 aliphatic rings. The summed E-state index contributed by atoms with van der Waals surface area (Å²) in [6.45, 7) is 0. The van der Waals surface area contributed by atoms with E-state index in [1.807, 2.05) is 54.6 Å². The second kappa shape index (κ2) is 4.78. The van der Waals surface area contributed by atoms with Gasteiger partial charge in [-0.15, -0.1) is 0 Å². The molecule has 2 N–H and O–H groups in total. The molecule has 0 unspecified atom stereocenters. The molecule has 4 heteroatoms. The van der Waals surface area contributed by atoms with Gasteiger partial charge in [-0.25, -0.2) is 0 Å². The number of benzene rings is 2. The topological polar surface area (TPSA) is 52.0 Å². The summed E-state index contributed by atoms with van der Waals surface area (Å²) in [5.41, 5.74) is 9.09. The number of hydrogen-bond acceptors (Lipinski definition) is 3. The molecule has 3 aromatic rings. The standard InChI is InChI=1S/C15H11ClN2O/c16-12-9-5-4-8-11(12)13-14(18-19-15(13)17)10-6-2-1-3-7-10/h1-9H,17H2. The number of hydrogen-bond donors (Lipinski definition) is 1. The Morgan fingerprint density at radius 1 is 0.947 bits per heavy atom. The Morgan fingerprint density at radius 3 is 2.37 bits per heavy atom. The van der Waals surface area contributed by atoms with Crippen molar-refractivity contribution >= 4 is 17.5 Å². The molecule has 19 heavy (non-hydrogen) atoms. The molecule has 0 fully saturated rings. The Labute approximate surface area is 115 Å². The second-order valence-electron chi connectivity index (χ2n) is 4.12. The molecular weight excluding hydrogens is 260 g/mol. The summed E-state index contributed by atoms with van der Waals surface area (Å²) in [6, 6.07) is 17.2. The SMILES string of the molecule is Nc1onc(-c2ccccc2)c1-c1ccccc1Cl. The van der Waals surface area contributed by atoms with E-state index in [0.717, 1.165) is 16.7 Å². The summed E-state index contributed by atoms with van der Waals surface area (Å²) < 4.78 is 5.13. The summed E-state index contributed by atoms with van der Waals surface area (Å²) in [5, 5.41) is 4.66. The highest BCUT2D eigenvalue weighted by atomic mass is 35.5. The van der Waals surface area contributed by atoms with Crippen LogP contribution in [0.1, 0.15) is 0 Å². The zero-order chi connectivity index (χ0) is 13.2. The van der Waals surface area contributed by atoms with Gasteiger partial charge in [-0.05, 0) is 6.07 Å². The van der Waals surface area contributed by atoms with E-state index in [-0.39, 0.29) is 5.88 Å². The van der Waals surface area contributed by atoms with Gasteiger partial charge in [0.1, 0.15) is 5.69 Å². The van der Waals surface area contributed by atoms with E-state index in [9.17, 15) is 0 Å². The first-order chi connectivity index (χ1) is 9.27. The third-order valence-electron chi connectivity index (χ3n) is 2.91. The van der Waals surface area contributed by atoms with E-state index in [2.05, 4.69) is 5.16 Å². The van der Waals surface area contributed by atoms with Crippen molar-refractivity contribution in [2.24, 2.45) is 0 Å². The van der Waals surface area contributed by atoms with E-state index in [0.29, 0.717) is 10.7 Å². The van der Waals surface area contributed by atoms with Crippen LogP contribution in [0.5, 0.6) is 0 Å². The number of nitrogen functional groups attached to an aromatic ring is 1. The molecule has 0 aliphatic carbocycles. The maximum Gasteiger partial charge on any atom is 0.230 e. The van der Waals surface area contributed by atoms with Gasteiger partial charge in [0.15, 0.2) is 0 Å². The molecule has 1 aromatic heterocycles. The molecule has 0 aliphatic heterocycles. The number of nitrogens with zero attached hydrogens (tertiary/aromatic N) is 1. The minimum absolute atomic E-state index is 0.270. The molecule has 0 radical (unpaired) electrons. The van der Waals surface area contributed by atoms with Crippen LogP contribution in [0.25, 0.3) is 22.4 Å². The number of halogens is 1. The first-order valence-corrected chi connectivity index (χ1v) is 6.20. The minimum atomic E-state index is 0.270. The zero-order valence-electron chi connectivity index (χ0n) is 10.0. The van der Waals surface area contributed by atoms with Gasteiger partial charge in [0.2, 0.25) is 5.88 Å². The Morgan fingerprint density at radius 2 is 1.63 bits per heavy atom. The zero-order valence-corrected chi connectivity index (χ0v) is 10.8. The highest BCUT2D eigenvalue weighted by molar-refractivity contribution is 6.33. The normalized spacial score (nSPS) is 10.6. The van der Waals surface area contributed by atoms with Gasteiger partial charge in [-0.3, -0.25) is 0 Å². The predicted molar refractivity (Wildman–Crippen MR) is 76.8 cm³/mol. The van der Waals surface area contributed by atoms with Crippen molar-refractivity contribution in [1.29, 1.82) is 0 Å². The molecule has 0 amide bonds. The van der Waals surface area contributed by atoms with Crippen LogP contribution in [0.15, 0.2) is 59.1 Å². The smallest absolute Gasteiger partial charge is 0.230 e. The van der Waals surface area contributed by atoms with Crippen LogP contribution in [0.2, 0.25) is 5.02 Å². The average molecular weight is 271 g/mol. The van der Waals surface area contributed by atoms with Crippen molar-refractivity contribution in [2.75, 3.05) is 5.73 Å². The average Bonchev–Trinajstić information content (AvgIpc) is 2.82. The van der Waals surface area contributed by atoms with Gasteiger partial charge in [-0.2, -0.15) is 0 Å². The van der Waals surface area contributed by atoms with Gasteiger partial charge in [0.05, 0.1) is 5.56 Å². The van der Waals surface area contributed by atoms with Gasteiger partial charge in [0.25, 0.3) is 0 Å². The van der Waals surface area contributed by atoms with Crippen LogP contribution < -0.4 is 5.73 Å². The number of nitrogens with two attached hydrogens (primary N) is 1. The quantitative estimate of drug-likeness (QED) is 0.757. The van der Waals surface area contributed by atoms with Crippen LogP contribution in [0, 0.1) is 0 Å². The summed E-state index contributed by atoms with van der Waals surface area (Å²) in [4.78, 5) is 0. The van der Waals surface area contributed by atoms with Gasteiger partial charge >= 0.3 is 0 Å². The maximum atomic E-state index is 6.22. The molecule has 0 spiro atoms. The summed E-state index contributed by atoms with van der Waals surface area (Å²) in [6.07, 6.45) is 0. The lowest BCUT2D eigenvalue weighted by Crippen LogP contribution is -1.88.